The molecule has 0 aliphatic heterocycles. The first-order valence-corrected chi connectivity index (χ1v) is 6.78. The van der Waals surface area contributed by atoms with Crippen molar-refractivity contribution in [2.24, 2.45) is 0 Å². The third-order valence-electron chi connectivity index (χ3n) is 3.31. The molecule has 0 aliphatic rings. The Morgan fingerprint density at radius 3 is 2.57 bits per heavy atom. The van der Waals surface area contributed by atoms with Gasteiger partial charge < -0.3 is 19.9 Å². The zero-order valence-corrected chi connectivity index (χ0v) is 11.8. The quantitative estimate of drug-likeness (QED) is 0.728. The Hall–Kier alpha value is -2.11. The summed E-state index contributed by atoms with van der Waals surface area (Å²) >= 11 is 0. The molecule has 0 aliphatic carbocycles. The molecule has 0 saturated carbocycles. The molecular formula is C16H19NO4. The summed E-state index contributed by atoms with van der Waals surface area (Å²) in [6, 6.07) is 10.4. The van der Waals surface area contributed by atoms with Gasteiger partial charge >= 0.3 is 5.97 Å². The molecule has 1 aromatic carbocycles. The average molecular weight is 289 g/mol. The Bertz CT molecular complexity index is 562. The van der Waals surface area contributed by atoms with Gasteiger partial charge in [-0.1, -0.05) is 29.8 Å². The Morgan fingerprint density at radius 1 is 1.29 bits per heavy atom. The monoisotopic (exact) mass is 289 g/mol. The van der Waals surface area contributed by atoms with Crippen molar-refractivity contribution in [1.29, 1.82) is 0 Å². The number of hydrogen-bond acceptors (Lipinski definition) is 4. The van der Waals surface area contributed by atoms with Gasteiger partial charge in [-0.15, -0.1) is 0 Å². The lowest BCUT2D eigenvalue weighted by atomic mass is 9.98. The van der Waals surface area contributed by atoms with Gasteiger partial charge in [0.2, 0.25) is 0 Å². The second-order valence-electron chi connectivity index (χ2n) is 5.02. The fraction of sp³-hybridized carbons (Fsp3) is 0.312. The van der Waals surface area contributed by atoms with Crippen LogP contribution in [0.5, 0.6) is 0 Å². The summed E-state index contributed by atoms with van der Waals surface area (Å²) in [5.41, 5.74) is 1.78. The summed E-state index contributed by atoms with van der Waals surface area (Å²) in [6.07, 6.45) is 0.492. The number of carboxylic acids is 1. The van der Waals surface area contributed by atoms with Crippen molar-refractivity contribution in [2.45, 2.75) is 32.0 Å². The highest BCUT2D eigenvalue weighted by Crippen LogP contribution is 2.20. The van der Waals surface area contributed by atoms with E-state index in [0.717, 1.165) is 5.56 Å². The first kappa shape index (κ1) is 15.3. The van der Waals surface area contributed by atoms with Gasteiger partial charge in [-0.25, -0.2) is 0 Å². The number of carbonyl (C=O) groups is 1. The van der Waals surface area contributed by atoms with Crippen LogP contribution in [-0.2, 0) is 11.3 Å². The van der Waals surface area contributed by atoms with Gasteiger partial charge in [-0.2, -0.15) is 0 Å². The highest BCUT2D eigenvalue weighted by molar-refractivity contribution is 5.67. The maximum Gasteiger partial charge on any atom is 0.305 e. The van der Waals surface area contributed by atoms with Crippen molar-refractivity contribution in [3.05, 3.63) is 59.5 Å². The van der Waals surface area contributed by atoms with Gasteiger partial charge in [0.1, 0.15) is 5.76 Å². The standard InChI is InChI=1S/C16H19NO4/c1-11-4-6-12(7-5-11)16(20)14(9-15(18)19)17-10-13-3-2-8-21-13/h2-8,14,16-17,20H,9-10H2,1H3,(H,18,19). The predicted molar refractivity (Wildman–Crippen MR) is 77.7 cm³/mol. The molecular weight excluding hydrogens is 270 g/mol. The van der Waals surface area contributed by atoms with E-state index in [4.69, 9.17) is 9.52 Å². The van der Waals surface area contributed by atoms with Crippen LogP contribution in [0.1, 0.15) is 29.4 Å². The van der Waals surface area contributed by atoms with Gasteiger partial charge in [0.15, 0.2) is 0 Å². The molecule has 0 bridgehead atoms. The molecule has 1 heterocycles. The molecule has 3 N–H and O–H groups in total. The minimum Gasteiger partial charge on any atom is -0.481 e. The Balaban J connectivity index is 2.06. The molecule has 21 heavy (non-hydrogen) atoms. The largest absolute Gasteiger partial charge is 0.481 e. The van der Waals surface area contributed by atoms with E-state index in [1.807, 2.05) is 31.2 Å². The van der Waals surface area contributed by atoms with Crippen molar-refractivity contribution in [1.82, 2.24) is 5.32 Å². The number of rotatable bonds is 7. The van der Waals surface area contributed by atoms with Crippen LogP contribution in [0.3, 0.4) is 0 Å². The average Bonchev–Trinajstić information content (AvgIpc) is 2.96. The highest BCUT2D eigenvalue weighted by Gasteiger charge is 2.23. The van der Waals surface area contributed by atoms with Crippen LogP contribution < -0.4 is 5.32 Å². The molecule has 0 fully saturated rings. The van der Waals surface area contributed by atoms with E-state index >= 15 is 0 Å². The van der Waals surface area contributed by atoms with E-state index in [1.165, 1.54) is 0 Å². The number of benzene rings is 1. The number of hydrogen-bond donors (Lipinski definition) is 3. The number of aliphatic carboxylic acids is 1. The smallest absolute Gasteiger partial charge is 0.305 e. The van der Waals surface area contributed by atoms with Crippen LogP contribution >= 0.6 is 0 Å². The Labute approximate surface area is 123 Å². The van der Waals surface area contributed by atoms with E-state index in [-0.39, 0.29) is 6.42 Å². The molecule has 2 unspecified atom stereocenters. The number of aryl methyl sites for hydroxylation is 1. The second-order valence-corrected chi connectivity index (χ2v) is 5.02. The van der Waals surface area contributed by atoms with Gasteiger partial charge in [-0.3, -0.25) is 4.79 Å². The maximum atomic E-state index is 11.0. The van der Waals surface area contributed by atoms with E-state index in [2.05, 4.69) is 5.32 Å². The summed E-state index contributed by atoms with van der Waals surface area (Å²) in [5.74, 6) is -0.264. The predicted octanol–water partition coefficient (Wildman–Crippen LogP) is 2.25. The normalized spacial score (nSPS) is 13.8. The van der Waals surface area contributed by atoms with Crippen LogP contribution in [-0.4, -0.2) is 22.2 Å². The zero-order valence-electron chi connectivity index (χ0n) is 11.8. The molecule has 2 aromatic rings. The second kappa shape index (κ2) is 7.06. The van der Waals surface area contributed by atoms with Crippen LogP contribution in [0.25, 0.3) is 0 Å². The topological polar surface area (TPSA) is 82.7 Å². The van der Waals surface area contributed by atoms with Crippen molar-refractivity contribution in [2.75, 3.05) is 0 Å². The summed E-state index contributed by atoms with van der Waals surface area (Å²) in [7, 11) is 0. The fourth-order valence-electron chi connectivity index (χ4n) is 2.12. The van der Waals surface area contributed by atoms with Gasteiger partial charge in [0, 0.05) is 6.04 Å². The number of furan rings is 1. The zero-order chi connectivity index (χ0) is 15.2. The van der Waals surface area contributed by atoms with Crippen LogP contribution in [0.4, 0.5) is 0 Å². The van der Waals surface area contributed by atoms with E-state index in [1.54, 1.807) is 18.4 Å². The van der Waals surface area contributed by atoms with Crippen LogP contribution in [0.15, 0.2) is 47.1 Å². The van der Waals surface area contributed by atoms with E-state index in [0.29, 0.717) is 17.9 Å². The number of nitrogens with one attached hydrogen (secondary N) is 1. The Kier molecular flexibility index (Phi) is 5.14. The molecule has 0 radical (unpaired) electrons. The lowest BCUT2D eigenvalue weighted by Gasteiger charge is -2.23. The molecule has 2 rings (SSSR count). The lowest BCUT2D eigenvalue weighted by molar-refractivity contribution is -0.138. The number of carboxylic acid groups (broad SMARTS) is 1. The molecule has 2 atom stereocenters. The number of aliphatic hydroxyl groups excluding tert-OH is 1. The molecule has 0 amide bonds. The number of aliphatic hydroxyl groups is 1. The minimum absolute atomic E-state index is 0.171. The molecule has 112 valence electrons. The molecule has 0 saturated heterocycles. The minimum atomic E-state index is -0.960. The van der Waals surface area contributed by atoms with Crippen molar-refractivity contribution >= 4 is 5.97 Å². The fourth-order valence-corrected chi connectivity index (χ4v) is 2.12. The van der Waals surface area contributed by atoms with E-state index < -0.39 is 18.1 Å². The van der Waals surface area contributed by atoms with Crippen LogP contribution in [0, 0.1) is 6.92 Å². The summed E-state index contributed by atoms with van der Waals surface area (Å²) < 4.78 is 5.20. The first-order chi connectivity index (χ1) is 10.1. The molecule has 5 heteroatoms. The molecule has 1 aromatic heterocycles. The SMILES string of the molecule is Cc1ccc(C(O)C(CC(=O)O)NCc2ccco2)cc1. The van der Waals surface area contributed by atoms with Gasteiger partial charge in [-0.05, 0) is 24.6 Å². The lowest BCUT2D eigenvalue weighted by Crippen LogP contribution is -2.36. The highest BCUT2D eigenvalue weighted by atomic mass is 16.4. The van der Waals surface area contributed by atoms with Crippen molar-refractivity contribution < 1.29 is 19.4 Å². The third kappa shape index (κ3) is 4.44. The molecule has 0 spiro atoms. The Morgan fingerprint density at radius 2 is 2.00 bits per heavy atom. The first-order valence-electron chi connectivity index (χ1n) is 6.78. The maximum absolute atomic E-state index is 11.0. The third-order valence-corrected chi connectivity index (χ3v) is 3.31. The van der Waals surface area contributed by atoms with Crippen molar-refractivity contribution in [3.63, 3.8) is 0 Å². The summed E-state index contributed by atoms with van der Waals surface area (Å²) in [6.45, 7) is 2.33. The summed E-state index contributed by atoms with van der Waals surface area (Å²) in [4.78, 5) is 11.0. The summed E-state index contributed by atoms with van der Waals surface area (Å²) in [5, 5.41) is 22.4. The molecule has 5 nitrogen and oxygen atoms in total. The van der Waals surface area contributed by atoms with Gasteiger partial charge in [0.25, 0.3) is 0 Å². The van der Waals surface area contributed by atoms with Gasteiger partial charge in [0.05, 0.1) is 25.3 Å². The van der Waals surface area contributed by atoms with Crippen molar-refractivity contribution in [3.8, 4) is 0 Å². The van der Waals surface area contributed by atoms with Crippen LogP contribution in [0.2, 0.25) is 0 Å². The van der Waals surface area contributed by atoms with E-state index in [9.17, 15) is 9.90 Å².